The second kappa shape index (κ2) is 4.84. The molecule has 5 nitrogen and oxygen atoms in total. The Kier molecular flexibility index (Phi) is 3.03. The van der Waals surface area contributed by atoms with Crippen LogP contribution in [0.25, 0.3) is 11.5 Å². The molecule has 0 bridgehead atoms. The molecule has 0 atom stereocenters. The number of ketones is 1. The normalized spacial score (nSPS) is 15.8. The van der Waals surface area contributed by atoms with Gasteiger partial charge in [-0.3, -0.25) is 4.79 Å². The van der Waals surface area contributed by atoms with Crippen molar-refractivity contribution >= 4 is 11.6 Å². The van der Waals surface area contributed by atoms with E-state index >= 15 is 0 Å². The predicted molar refractivity (Wildman–Crippen MR) is 70.9 cm³/mol. The summed E-state index contributed by atoms with van der Waals surface area (Å²) in [6, 6.07) is 7.54. The summed E-state index contributed by atoms with van der Waals surface area (Å²) in [5, 5.41) is 8.35. The molecule has 1 aliphatic rings. The summed E-state index contributed by atoms with van der Waals surface area (Å²) in [6.45, 7) is 3.19. The van der Waals surface area contributed by atoms with Crippen molar-refractivity contribution in [3.8, 4) is 11.5 Å². The van der Waals surface area contributed by atoms with Gasteiger partial charge in [-0.05, 0) is 37.6 Å². The second-order valence-electron chi connectivity index (χ2n) is 4.75. The van der Waals surface area contributed by atoms with E-state index in [1.54, 1.807) is 0 Å². The maximum Gasteiger partial charge on any atom is 0.154 e. The molecule has 0 N–H and O–H groups in total. The second-order valence-corrected chi connectivity index (χ2v) is 4.75. The number of carbonyl (C=O) groups excluding carboxylic acids is 1. The molecule has 0 saturated carbocycles. The molecule has 0 spiro atoms. The molecule has 2 aromatic heterocycles. The molecular weight excluding hydrogens is 242 g/mol. The maximum atomic E-state index is 11.4. The van der Waals surface area contributed by atoms with Crippen LogP contribution in [0.5, 0.6) is 0 Å². The summed E-state index contributed by atoms with van der Waals surface area (Å²) >= 11 is 0. The van der Waals surface area contributed by atoms with Gasteiger partial charge in [-0.1, -0.05) is 0 Å². The van der Waals surface area contributed by atoms with Crippen molar-refractivity contribution in [3.63, 3.8) is 0 Å². The number of rotatable bonds is 2. The van der Waals surface area contributed by atoms with Gasteiger partial charge in [0, 0.05) is 13.0 Å². The van der Waals surface area contributed by atoms with Gasteiger partial charge in [0.2, 0.25) is 0 Å². The minimum Gasteiger partial charge on any atom is -0.460 e. The average molecular weight is 257 g/mol. The van der Waals surface area contributed by atoms with Crippen LogP contribution in [0.2, 0.25) is 0 Å². The molecule has 5 heteroatoms. The van der Waals surface area contributed by atoms with Crippen molar-refractivity contribution in [3.05, 3.63) is 30.0 Å². The highest BCUT2D eigenvalue weighted by atomic mass is 16.3. The number of hydrogen-bond donors (Lipinski definition) is 0. The zero-order valence-electron chi connectivity index (χ0n) is 10.8. The molecule has 19 heavy (non-hydrogen) atoms. The Hall–Kier alpha value is -2.17. The van der Waals surface area contributed by atoms with Crippen LogP contribution in [0.4, 0.5) is 5.82 Å². The molecule has 3 heterocycles. The smallest absolute Gasteiger partial charge is 0.154 e. The predicted octanol–water partition coefficient (Wildman–Crippen LogP) is 2.21. The van der Waals surface area contributed by atoms with E-state index in [2.05, 4.69) is 10.2 Å². The molecule has 0 radical (unpaired) electrons. The quantitative estimate of drug-likeness (QED) is 0.825. The average Bonchev–Trinajstić information content (AvgIpc) is 2.86. The maximum absolute atomic E-state index is 11.4. The van der Waals surface area contributed by atoms with Gasteiger partial charge in [-0.15, -0.1) is 10.2 Å². The van der Waals surface area contributed by atoms with Gasteiger partial charge < -0.3 is 9.32 Å². The molecule has 0 aliphatic carbocycles. The highest BCUT2D eigenvalue weighted by Gasteiger charge is 2.18. The molecule has 0 amide bonds. The summed E-state index contributed by atoms with van der Waals surface area (Å²) in [7, 11) is 0. The molecule has 0 aromatic carbocycles. The summed E-state index contributed by atoms with van der Waals surface area (Å²) in [4.78, 5) is 13.4. The number of nitrogens with zero attached hydrogens (tertiary/aromatic N) is 3. The van der Waals surface area contributed by atoms with Crippen molar-refractivity contribution in [2.45, 2.75) is 19.8 Å². The van der Waals surface area contributed by atoms with E-state index in [0.717, 1.165) is 24.5 Å². The molecule has 1 fully saturated rings. The van der Waals surface area contributed by atoms with Crippen molar-refractivity contribution < 1.29 is 9.21 Å². The van der Waals surface area contributed by atoms with Gasteiger partial charge in [-0.25, -0.2) is 0 Å². The molecule has 3 rings (SSSR count). The van der Waals surface area contributed by atoms with Gasteiger partial charge in [0.15, 0.2) is 17.4 Å². The van der Waals surface area contributed by atoms with E-state index in [1.165, 1.54) is 0 Å². The van der Waals surface area contributed by atoms with Crippen LogP contribution in [0.3, 0.4) is 0 Å². The fraction of sp³-hybridized carbons (Fsp3) is 0.357. The Labute approximate surface area is 111 Å². The first-order chi connectivity index (χ1) is 9.22. The fourth-order valence-corrected chi connectivity index (χ4v) is 2.23. The third kappa shape index (κ3) is 2.50. The van der Waals surface area contributed by atoms with Gasteiger partial charge in [0.25, 0.3) is 0 Å². The number of furan rings is 1. The fourth-order valence-electron chi connectivity index (χ4n) is 2.23. The lowest BCUT2D eigenvalue weighted by molar-refractivity contribution is -0.118. The van der Waals surface area contributed by atoms with Crippen molar-refractivity contribution in [2.24, 2.45) is 0 Å². The minimum absolute atomic E-state index is 0.263. The zero-order chi connectivity index (χ0) is 13.2. The van der Waals surface area contributed by atoms with E-state index in [0.29, 0.717) is 24.4 Å². The SMILES string of the molecule is Cc1ccc(-c2ccc(N3CCCC(=O)C3)nn2)o1. The van der Waals surface area contributed by atoms with E-state index in [-0.39, 0.29) is 5.78 Å². The first kappa shape index (κ1) is 11.9. The van der Waals surface area contributed by atoms with Crippen LogP contribution < -0.4 is 4.90 Å². The van der Waals surface area contributed by atoms with Crippen LogP contribution in [-0.4, -0.2) is 29.1 Å². The number of piperidine rings is 1. The summed E-state index contributed by atoms with van der Waals surface area (Å²) in [5.74, 6) is 2.58. The molecule has 1 aliphatic heterocycles. The van der Waals surface area contributed by atoms with Crippen LogP contribution in [0.15, 0.2) is 28.7 Å². The molecule has 98 valence electrons. The molecule has 0 unspecified atom stereocenters. The van der Waals surface area contributed by atoms with Crippen molar-refractivity contribution in [2.75, 3.05) is 18.0 Å². The Balaban J connectivity index is 1.80. The van der Waals surface area contributed by atoms with Crippen molar-refractivity contribution in [1.82, 2.24) is 10.2 Å². The van der Waals surface area contributed by atoms with Gasteiger partial charge in [-0.2, -0.15) is 0 Å². The lowest BCUT2D eigenvalue weighted by atomic mass is 10.1. The van der Waals surface area contributed by atoms with Gasteiger partial charge in [0.05, 0.1) is 6.54 Å². The molecular formula is C14H15N3O2. The van der Waals surface area contributed by atoms with Crippen molar-refractivity contribution in [1.29, 1.82) is 0 Å². The minimum atomic E-state index is 0.263. The number of anilines is 1. The number of aryl methyl sites for hydroxylation is 1. The van der Waals surface area contributed by atoms with Gasteiger partial charge in [0.1, 0.15) is 11.5 Å². The Morgan fingerprint density at radius 3 is 2.74 bits per heavy atom. The van der Waals surface area contributed by atoms with Crippen LogP contribution in [-0.2, 0) is 4.79 Å². The summed E-state index contributed by atoms with van der Waals surface area (Å²) in [5.41, 5.74) is 0.709. The Morgan fingerprint density at radius 1 is 1.21 bits per heavy atom. The van der Waals surface area contributed by atoms with Crippen LogP contribution in [0, 0.1) is 6.92 Å². The standard InChI is InChI=1S/C14H15N3O2/c1-10-4-6-13(19-10)12-5-7-14(16-15-12)17-8-2-3-11(18)9-17/h4-7H,2-3,8-9H2,1H3. The number of aromatic nitrogens is 2. The largest absolute Gasteiger partial charge is 0.460 e. The number of hydrogen-bond acceptors (Lipinski definition) is 5. The summed E-state index contributed by atoms with van der Waals surface area (Å²) in [6.07, 6.45) is 1.56. The van der Waals surface area contributed by atoms with E-state index in [9.17, 15) is 4.79 Å². The topological polar surface area (TPSA) is 59.2 Å². The zero-order valence-corrected chi connectivity index (χ0v) is 10.8. The number of carbonyl (C=O) groups is 1. The lowest BCUT2D eigenvalue weighted by Crippen LogP contribution is -2.36. The van der Waals surface area contributed by atoms with E-state index in [4.69, 9.17) is 4.42 Å². The van der Waals surface area contributed by atoms with E-state index in [1.807, 2.05) is 36.1 Å². The summed E-state index contributed by atoms with van der Waals surface area (Å²) < 4.78 is 5.50. The van der Waals surface area contributed by atoms with Crippen LogP contribution in [0.1, 0.15) is 18.6 Å². The van der Waals surface area contributed by atoms with Crippen LogP contribution >= 0.6 is 0 Å². The number of Topliss-reactive ketones (excluding diaryl/α,β-unsaturated/α-hetero) is 1. The Bertz CT molecular complexity index is 589. The monoisotopic (exact) mass is 257 g/mol. The lowest BCUT2D eigenvalue weighted by Gasteiger charge is -2.26. The van der Waals surface area contributed by atoms with Gasteiger partial charge >= 0.3 is 0 Å². The first-order valence-corrected chi connectivity index (χ1v) is 6.39. The highest BCUT2D eigenvalue weighted by molar-refractivity contribution is 5.84. The Morgan fingerprint density at radius 2 is 2.11 bits per heavy atom. The highest BCUT2D eigenvalue weighted by Crippen LogP contribution is 2.21. The molecule has 2 aromatic rings. The molecule has 1 saturated heterocycles. The van der Waals surface area contributed by atoms with E-state index < -0.39 is 0 Å². The third-order valence-electron chi connectivity index (χ3n) is 3.22. The first-order valence-electron chi connectivity index (χ1n) is 6.39. The third-order valence-corrected chi connectivity index (χ3v) is 3.22.